The molecule has 0 spiro atoms. The highest BCUT2D eigenvalue weighted by atomic mass is 16.6. The maximum atomic E-state index is 11.5. The lowest BCUT2D eigenvalue weighted by atomic mass is 9.97. The highest BCUT2D eigenvalue weighted by molar-refractivity contribution is 5.87. The van der Waals surface area contributed by atoms with E-state index in [9.17, 15) is 4.79 Å². The number of carbonyl (C=O) groups is 1. The fourth-order valence-corrected chi connectivity index (χ4v) is 1.27. The maximum Gasteiger partial charge on any atom is 0.333 e. The van der Waals surface area contributed by atoms with Gasteiger partial charge in [-0.15, -0.1) is 0 Å². The minimum absolute atomic E-state index is 0.245. The number of hydrogen-bond acceptors (Lipinski definition) is 2. The van der Waals surface area contributed by atoms with Crippen molar-refractivity contribution in [1.82, 2.24) is 0 Å². The lowest BCUT2D eigenvalue weighted by molar-refractivity contribution is -0.154. The van der Waals surface area contributed by atoms with Gasteiger partial charge in [0.05, 0.1) is 0 Å². The summed E-state index contributed by atoms with van der Waals surface area (Å²) < 4.78 is 5.44. The first-order valence-corrected chi connectivity index (χ1v) is 5.40. The Hall–Kier alpha value is -0.790. The molecule has 0 fully saturated rings. The van der Waals surface area contributed by atoms with Gasteiger partial charge in [0.15, 0.2) is 0 Å². The van der Waals surface area contributed by atoms with Crippen molar-refractivity contribution in [2.75, 3.05) is 0 Å². The van der Waals surface area contributed by atoms with Crippen molar-refractivity contribution < 1.29 is 9.53 Å². The molecule has 14 heavy (non-hydrogen) atoms. The van der Waals surface area contributed by atoms with E-state index < -0.39 is 0 Å². The summed E-state index contributed by atoms with van der Waals surface area (Å²) in [6.45, 7) is 11.7. The van der Waals surface area contributed by atoms with E-state index in [1.54, 1.807) is 0 Å². The molecule has 0 aliphatic carbocycles. The highest BCUT2D eigenvalue weighted by Gasteiger charge is 2.26. The van der Waals surface area contributed by atoms with Gasteiger partial charge in [0, 0.05) is 5.57 Å². The van der Waals surface area contributed by atoms with Crippen LogP contribution < -0.4 is 0 Å². The average Bonchev–Trinajstić information content (AvgIpc) is 2.16. The number of carbonyl (C=O) groups excluding carboxylic acids is 1. The molecule has 0 N–H and O–H groups in total. The van der Waals surface area contributed by atoms with Crippen molar-refractivity contribution in [3.05, 3.63) is 12.2 Å². The maximum absolute atomic E-state index is 11.5. The van der Waals surface area contributed by atoms with E-state index in [0.717, 1.165) is 19.3 Å². The van der Waals surface area contributed by atoms with Gasteiger partial charge in [-0.25, -0.2) is 4.79 Å². The Morgan fingerprint density at radius 1 is 1.36 bits per heavy atom. The molecule has 0 aromatic rings. The molecule has 0 aromatic heterocycles. The normalized spacial score (nSPS) is 14.6. The molecular weight excluding hydrogens is 176 g/mol. The minimum atomic E-state index is -0.316. The lowest BCUT2D eigenvalue weighted by Gasteiger charge is -2.28. The Kier molecular flexibility index (Phi) is 5.51. The van der Waals surface area contributed by atoms with E-state index in [1.807, 2.05) is 20.8 Å². The third-order valence-corrected chi connectivity index (χ3v) is 2.58. The van der Waals surface area contributed by atoms with E-state index in [2.05, 4.69) is 13.5 Å². The van der Waals surface area contributed by atoms with E-state index in [4.69, 9.17) is 4.74 Å². The van der Waals surface area contributed by atoms with E-state index in [1.165, 1.54) is 0 Å². The predicted octanol–water partition coefficient (Wildman–Crippen LogP) is 3.46. The van der Waals surface area contributed by atoms with Crippen LogP contribution in [0.25, 0.3) is 0 Å². The Balaban J connectivity index is 4.30. The second-order valence-electron chi connectivity index (χ2n) is 3.90. The van der Waals surface area contributed by atoms with Gasteiger partial charge in [-0.3, -0.25) is 0 Å². The summed E-state index contributed by atoms with van der Waals surface area (Å²) in [5, 5.41) is 0. The fourth-order valence-electron chi connectivity index (χ4n) is 1.27. The van der Waals surface area contributed by atoms with Crippen molar-refractivity contribution in [2.24, 2.45) is 0 Å². The predicted molar refractivity (Wildman–Crippen MR) is 59.1 cm³/mol. The van der Waals surface area contributed by atoms with Gasteiger partial charge in [0.2, 0.25) is 0 Å². The third-order valence-electron chi connectivity index (χ3n) is 2.58. The van der Waals surface area contributed by atoms with Crippen LogP contribution >= 0.6 is 0 Å². The van der Waals surface area contributed by atoms with Crippen LogP contribution in [-0.4, -0.2) is 11.6 Å². The Labute approximate surface area is 87.3 Å². The van der Waals surface area contributed by atoms with Crippen molar-refractivity contribution >= 4 is 5.97 Å². The zero-order valence-corrected chi connectivity index (χ0v) is 9.85. The molecule has 0 saturated carbocycles. The van der Waals surface area contributed by atoms with Gasteiger partial charge >= 0.3 is 5.97 Å². The summed E-state index contributed by atoms with van der Waals surface area (Å²) in [5.74, 6) is -0.245. The summed E-state index contributed by atoms with van der Waals surface area (Å²) in [6.07, 6.45) is 3.44. The summed E-state index contributed by atoms with van der Waals surface area (Å²) in [5.41, 5.74) is 0.241. The van der Waals surface area contributed by atoms with Crippen LogP contribution in [0, 0.1) is 0 Å². The summed E-state index contributed by atoms with van der Waals surface area (Å²) in [7, 11) is 0. The van der Waals surface area contributed by atoms with Crippen LogP contribution in [0.1, 0.15) is 53.4 Å². The molecule has 2 heteroatoms. The van der Waals surface area contributed by atoms with E-state index in [-0.39, 0.29) is 11.6 Å². The quantitative estimate of drug-likeness (QED) is 0.482. The molecular formula is C12H22O2. The Bertz CT molecular complexity index is 208. The first kappa shape index (κ1) is 13.2. The largest absolute Gasteiger partial charge is 0.456 e. The second kappa shape index (κ2) is 5.84. The molecule has 0 aliphatic heterocycles. The van der Waals surface area contributed by atoms with Gasteiger partial charge in [0.1, 0.15) is 5.60 Å². The molecule has 0 bridgehead atoms. The van der Waals surface area contributed by atoms with Crippen LogP contribution in [0.5, 0.6) is 0 Å². The van der Waals surface area contributed by atoms with Crippen LogP contribution in [0.2, 0.25) is 0 Å². The third kappa shape index (κ3) is 3.95. The van der Waals surface area contributed by atoms with Crippen LogP contribution in [0.3, 0.4) is 0 Å². The summed E-state index contributed by atoms with van der Waals surface area (Å²) in [6, 6.07) is 0. The van der Waals surface area contributed by atoms with Gasteiger partial charge < -0.3 is 4.74 Å². The highest BCUT2D eigenvalue weighted by Crippen LogP contribution is 2.23. The zero-order valence-electron chi connectivity index (χ0n) is 9.85. The Morgan fingerprint density at radius 2 is 1.93 bits per heavy atom. The van der Waals surface area contributed by atoms with E-state index in [0.29, 0.717) is 12.0 Å². The molecule has 1 atom stereocenters. The average molecular weight is 198 g/mol. The van der Waals surface area contributed by atoms with Gasteiger partial charge in [-0.05, 0) is 26.2 Å². The smallest absolute Gasteiger partial charge is 0.333 e. The zero-order chi connectivity index (χ0) is 11.2. The van der Waals surface area contributed by atoms with Crippen molar-refractivity contribution in [3.63, 3.8) is 0 Å². The van der Waals surface area contributed by atoms with Gasteiger partial charge in [-0.2, -0.15) is 0 Å². The number of ether oxygens (including phenoxy) is 1. The lowest BCUT2D eigenvalue weighted by Crippen LogP contribution is -2.31. The van der Waals surface area contributed by atoms with Crippen LogP contribution in [0.15, 0.2) is 12.2 Å². The topological polar surface area (TPSA) is 26.3 Å². The minimum Gasteiger partial charge on any atom is -0.456 e. The van der Waals surface area contributed by atoms with Gasteiger partial charge in [0.25, 0.3) is 0 Å². The van der Waals surface area contributed by atoms with Crippen molar-refractivity contribution in [2.45, 2.75) is 59.0 Å². The fraction of sp³-hybridized carbons (Fsp3) is 0.750. The first-order chi connectivity index (χ1) is 6.49. The first-order valence-electron chi connectivity index (χ1n) is 5.40. The molecule has 0 heterocycles. The number of rotatable bonds is 6. The molecule has 0 rings (SSSR count). The van der Waals surface area contributed by atoms with E-state index >= 15 is 0 Å². The SMILES string of the molecule is C=C(CC)C(=O)OC(C)(CC)CCC. The monoisotopic (exact) mass is 198 g/mol. The van der Waals surface area contributed by atoms with Crippen LogP contribution in [-0.2, 0) is 9.53 Å². The standard InChI is InChI=1S/C12H22O2/c1-6-9-12(5,8-3)14-11(13)10(4)7-2/h4,6-9H2,1-3,5H3. The molecule has 0 radical (unpaired) electrons. The summed E-state index contributed by atoms with van der Waals surface area (Å²) >= 11 is 0. The molecule has 82 valence electrons. The number of esters is 1. The van der Waals surface area contributed by atoms with Crippen LogP contribution in [0.4, 0.5) is 0 Å². The Morgan fingerprint density at radius 3 is 2.29 bits per heavy atom. The molecule has 1 unspecified atom stereocenters. The summed E-state index contributed by atoms with van der Waals surface area (Å²) in [4.78, 5) is 11.5. The van der Waals surface area contributed by atoms with Crippen molar-refractivity contribution in [3.8, 4) is 0 Å². The van der Waals surface area contributed by atoms with Gasteiger partial charge in [-0.1, -0.05) is 33.8 Å². The van der Waals surface area contributed by atoms with Crippen molar-refractivity contribution in [1.29, 1.82) is 0 Å². The molecule has 0 amide bonds. The number of hydrogen-bond donors (Lipinski definition) is 0. The molecule has 0 saturated heterocycles. The second-order valence-corrected chi connectivity index (χ2v) is 3.90. The molecule has 0 aromatic carbocycles. The molecule has 2 nitrogen and oxygen atoms in total. The molecule has 0 aliphatic rings.